The van der Waals surface area contributed by atoms with Crippen molar-refractivity contribution in [1.82, 2.24) is 6.15 Å². The Balaban J connectivity index is -0.0000000150. The van der Waals surface area contributed by atoms with E-state index in [0.717, 1.165) is 0 Å². The maximum Gasteiger partial charge on any atom is 1.00 e. The molecule has 0 heterocycles. The summed E-state index contributed by atoms with van der Waals surface area (Å²) in [4.78, 5) is 8.56. The Hall–Kier alpha value is -0.173. The quantitative estimate of drug-likeness (QED) is 0.285. The van der Waals surface area contributed by atoms with E-state index >= 15 is 0 Å². The second-order valence-corrected chi connectivity index (χ2v) is 0.283. The van der Waals surface area contributed by atoms with Crippen LogP contribution in [0.5, 0.6) is 0 Å². The molecule has 0 unspecified atom stereocenters. The van der Waals surface area contributed by atoms with Crippen LogP contribution in [0, 0.1) is 0 Å². The maximum atomic E-state index is 8.56. The van der Waals surface area contributed by atoms with Gasteiger partial charge in [0.15, 0.2) is 0 Å². The van der Waals surface area contributed by atoms with Gasteiger partial charge in [0, 0.05) is 0 Å². The molecule has 0 saturated heterocycles. The first kappa shape index (κ1) is 17.0. The van der Waals surface area contributed by atoms with Crippen LogP contribution in [-0.2, 0) is 0 Å². The van der Waals surface area contributed by atoms with Crippen LogP contribution in [0.1, 0.15) is 1.43 Å². The van der Waals surface area contributed by atoms with Crippen LogP contribution < -0.4 is 25.0 Å². The fourth-order valence-electron chi connectivity index (χ4n) is 0. The third-order valence-electron chi connectivity index (χ3n) is 0. The molecule has 0 rings (SSSR count). The van der Waals surface area contributed by atoms with Crippen LogP contribution in [-0.4, -0.2) is 16.4 Å². The Bertz CT molecular complexity index is 37.9. The third kappa shape index (κ3) is 1030. The fraction of sp³-hybridized carbons (Fsp3) is 0. The summed E-state index contributed by atoms with van der Waals surface area (Å²) < 4.78 is 0. The molecule has 0 aromatic rings. The Morgan fingerprint density at radius 1 is 1.50 bits per heavy atom. The van der Waals surface area contributed by atoms with Gasteiger partial charge in [0.2, 0.25) is 0 Å². The van der Waals surface area contributed by atoms with Crippen molar-refractivity contribution in [2.75, 3.05) is 0 Å². The zero-order chi connectivity index (χ0) is 3.58. The van der Waals surface area contributed by atoms with Crippen LogP contribution in [0.2, 0.25) is 0 Å². The molecule has 0 aromatic heterocycles. The van der Waals surface area contributed by atoms with Crippen LogP contribution >= 0.6 is 0 Å². The minimum Gasteiger partial charge on any atom is -1.00 e. The van der Waals surface area contributed by atoms with Gasteiger partial charge >= 0.3 is 25.0 Å². The summed E-state index contributed by atoms with van der Waals surface area (Å²) in [6.45, 7) is 0. The van der Waals surface area contributed by atoms with E-state index in [2.05, 4.69) is 0 Å². The van der Waals surface area contributed by atoms with E-state index in [9.17, 15) is 0 Å². The number of carbonyl (C=O) groups is 1. The minimum atomic E-state index is -1.83. The van der Waals surface area contributed by atoms with E-state index in [1.165, 1.54) is 0 Å². The molecular weight excluding hydrogens is 81.0 g/mol. The second kappa shape index (κ2) is 8.85. The van der Waals surface area contributed by atoms with Gasteiger partial charge in [-0.15, -0.1) is 0 Å². The van der Waals surface area contributed by atoms with Crippen molar-refractivity contribution in [3.8, 4) is 0 Å². The largest absolute Gasteiger partial charge is 1.00 e. The van der Waals surface area contributed by atoms with Gasteiger partial charge in [0.25, 0.3) is 0 Å². The molecule has 0 radical (unpaired) electrons. The smallest absolute Gasteiger partial charge is 1.00 e. The zero-order valence-corrected chi connectivity index (χ0v) is 3.51. The van der Waals surface area contributed by atoms with E-state index in [4.69, 9.17) is 15.0 Å². The summed E-state index contributed by atoms with van der Waals surface area (Å²) in [5.74, 6) is 0. The van der Waals surface area contributed by atoms with Crippen molar-refractivity contribution in [1.29, 1.82) is 0 Å². The Morgan fingerprint density at radius 2 is 1.50 bits per heavy atom. The molecule has 5 heteroatoms. The molecule has 0 aromatic carbocycles. The van der Waals surface area contributed by atoms with Gasteiger partial charge < -0.3 is 17.8 Å². The molecule has 34 valence electrons. The Labute approximate surface area is 48.4 Å². The molecule has 5 N–H and O–H groups in total. The fourth-order valence-corrected chi connectivity index (χ4v) is 0. The van der Waals surface area contributed by atoms with Crippen LogP contribution in [0.15, 0.2) is 0 Å². The van der Waals surface area contributed by atoms with Crippen LogP contribution in [0.25, 0.3) is 0 Å². The molecule has 4 nitrogen and oxygen atoms in total. The van der Waals surface area contributed by atoms with Crippen molar-refractivity contribution in [3.63, 3.8) is 0 Å². The molecule has 6 heavy (non-hydrogen) atoms. The van der Waals surface area contributed by atoms with Crippen molar-refractivity contribution in [2.45, 2.75) is 0 Å². The first-order valence-corrected chi connectivity index (χ1v) is 0.651. The monoisotopic (exact) mass is 87.1 g/mol. The average molecular weight is 87.0 g/mol. The SMILES string of the molecule is N.O=C(O)O.[H-].[Li+]. The van der Waals surface area contributed by atoms with Gasteiger partial charge in [0.05, 0.1) is 0 Å². The van der Waals surface area contributed by atoms with E-state index in [1.54, 1.807) is 0 Å². The topological polar surface area (TPSA) is 92.5 Å². The molecule has 0 spiro atoms. The summed E-state index contributed by atoms with van der Waals surface area (Å²) in [6.07, 6.45) is -1.83. The molecule has 0 aliphatic heterocycles. The normalized spacial score (nSPS) is 4.00. The van der Waals surface area contributed by atoms with E-state index < -0.39 is 6.16 Å². The minimum absolute atomic E-state index is 0. The van der Waals surface area contributed by atoms with Crippen molar-refractivity contribution in [3.05, 3.63) is 0 Å². The van der Waals surface area contributed by atoms with Gasteiger partial charge in [-0.1, -0.05) is 0 Å². The Kier molecular flexibility index (Phi) is 25.0. The number of hydrogen-bond donors (Lipinski definition) is 3. The average Bonchev–Trinajstić information content (AvgIpc) is 0.811. The molecule has 0 aliphatic rings. The molecule has 0 amide bonds. The van der Waals surface area contributed by atoms with Crippen LogP contribution in [0.3, 0.4) is 0 Å². The first-order chi connectivity index (χ1) is 1.73. The molecule has 0 fully saturated rings. The predicted molar refractivity (Wildman–Crippen MR) is 16.8 cm³/mol. The second-order valence-electron chi connectivity index (χ2n) is 0.283. The summed E-state index contributed by atoms with van der Waals surface area (Å²) >= 11 is 0. The zero-order valence-electron chi connectivity index (χ0n) is 4.51. The van der Waals surface area contributed by atoms with Gasteiger partial charge in [-0.25, -0.2) is 4.79 Å². The van der Waals surface area contributed by atoms with Gasteiger partial charge in [-0.2, -0.15) is 0 Å². The van der Waals surface area contributed by atoms with Gasteiger partial charge in [-0.05, 0) is 0 Å². The molecule has 0 saturated carbocycles. The summed E-state index contributed by atoms with van der Waals surface area (Å²) in [5.41, 5.74) is 0. The van der Waals surface area contributed by atoms with Crippen molar-refractivity contribution in [2.24, 2.45) is 0 Å². The third-order valence-corrected chi connectivity index (χ3v) is 0. The molecule has 0 aliphatic carbocycles. The van der Waals surface area contributed by atoms with E-state index in [-0.39, 0.29) is 26.4 Å². The summed E-state index contributed by atoms with van der Waals surface area (Å²) in [6, 6.07) is 0. The Morgan fingerprint density at radius 3 is 1.50 bits per heavy atom. The van der Waals surface area contributed by atoms with Gasteiger partial charge in [-0.3, -0.25) is 0 Å². The maximum absolute atomic E-state index is 8.56. The van der Waals surface area contributed by atoms with Crippen LogP contribution in [0.4, 0.5) is 4.79 Å². The summed E-state index contributed by atoms with van der Waals surface area (Å²) in [5, 5.41) is 13.9. The summed E-state index contributed by atoms with van der Waals surface area (Å²) in [7, 11) is 0. The standard InChI is InChI=1S/CH2O3.Li.H3N.H/c2-1(3)4;;;/h(H2,2,3,4);;1H3;/q;+1;;-1. The number of carboxylic acid groups (broad SMARTS) is 2. The molecule has 0 bridgehead atoms. The molecule has 0 atom stereocenters. The van der Waals surface area contributed by atoms with E-state index in [0.29, 0.717) is 0 Å². The number of rotatable bonds is 0. The molecular formula is CH6LiNO3. The van der Waals surface area contributed by atoms with E-state index in [1.807, 2.05) is 0 Å². The number of hydrogen-bond acceptors (Lipinski definition) is 2. The first-order valence-electron chi connectivity index (χ1n) is 0.651. The van der Waals surface area contributed by atoms with Crippen molar-refractivity contribution >= 4 is 6.16 Å². The van der Waals surface area contributed by atoms with Crippen molar-refractivity contribution < 1.29 is 35.3 Å². The predicted octanol–water partition coefficient (Wildman–Crippen LogP) is -2.50. The van der Waals surface area contributed by atoms with Gasteiger partial charge in [0.1, 0.15) is 0 Å².